The molecule has 3 saturated carbocycles. The molecule has 1 unspecified atom stereocenters. The standard InChI is InChI=1S/C44H58O4/c1-28(2)7-6-8-29(3)38-17-18-39-35-16-12-32-26-34(19-22-43(32,4)40(35)20-23-44(38,39)5)47-24-21-30-9-15-36-41(25-30)48-27-37(42(36)46)31-10-13-33(45)14-11-31/h9-15,25,27-29,34-35,38-40,45H,6-8,16-24,26H2,1-5H3/t29-,34?,35+,38-,39+,40+,43+,44-/m1/s1. The Morgan fingerprint density at radius 1 is 0.958 bits per heavy atom. The normalized spacial score (nSPS) is 32.0. The van der Waals surface area contributed by atoms with E-state index < -0.39 is 0 Å². The van der Waals surface area contributed by atoms with E-state index in [1.54, 1.807) is 29.8 Å². The van der Waals surface area contributed by atoms with Gasteiger partial charge in [0.15, 0.2) is 5.43 Å². The van der Waals surface area contributed by atoms with Gasteiger partial charge in [-0.05, 0) is 140 Å². The van der Waals surface area contributed by atoms with E-state index in [0.717, 1.165) is 65.9 Å². The average Bonchev–Trinajstić information content (AvgIpc) is 3.43. The minimum absolute atomic E-state index is 0.0556. The van der Waals surface area contributed by atoms with Gasteiger partial charge in [0.2, 0.25) is 0 Å². The number of aromatic hydroxyl groups is 1. The Bertz CT molecular complexity index is 1680. The zero-order valence-corrected chi connectivity index (χ0v) is 30.1. The van der Waals surface area contributed by atoms with Gasteiger partial charge in [0, 0.05) is 0 Å². The van der Waals surface area contributed by atoms with Gasteiger partial charge in [0.05, 0.1) is 23.7 Å². The lowest BCUT2D eigenvalue weighted by Gasteiger charge is -2.58. The molecule has 0 radical (unpaired) electrons. The second-order valence-electron chi connectivity index (χ2n) is 17.1. The summed E-state index contributed by atoms with van der Waals surface area (Å²) in [5, 5.41) is 10.2. The van der Waals surface area contributed by atoms with Crippen LogP contribution in [0.15, 0.2) is 69.6 Å². The summed E-state index contributed by atoms with van der Waals surface area (Å²) in [4.78, 5) is 13.2. The first kappa shape index (κ1) is 33.6. The van der Waals surface area contributed by atoms with Crippen molar-refractivity contribution in [2.45, 2.75) is 118 Å². The molecule has 0 saturated heterocycles. The zero-order valence-electron chi connectivity index (χ0n) is 30.1. The van der Waals surface area contributed by atoms with E-state index >= 15 is 0 Å². The maximum absolute atomic E-state index is 13.2. The second kappa shape index (κ2) is 13.5. The van der Waals surface area contributed by atoms with E-state index in [1.807, 2.05) is 18.2 Å². The maximum Gasteiger partial charge on any atom is 0.200 e. The molecule has 4 aliphatic carbocycles. The first-order chi connectivity index (χ1) is 23.1. The van der Waals surface area contributed by atoms with Crippen LogP contribution in [0.3, 0.4) is 0 Å². The predicted octanol–water partition coefficient (Wildman–Crippen LogP) is 11.1. The smallest absolute Gasteiger partial charge is 0.200 e. The summed E-state index contributed by atoms with van der Waals surface area (Å²) in [5.41, 5.74) is 5.49. The van der Waals surface area contributed by atoms with Crippen molar-refractivity contribution >= 4 is 11.0 Å². The second-order valence-corrected chi connectivity index (χ2v) is 17.1. The van der Waals surface area contributed by atoms with Crippen LogP contribution in [0.5, 0.6) is 5.75 Å². The molecule has 0 amide bonds. The van der Waals surface area contributed by atoms with E-state index in [-0.39, 0.29) is 11.2 Å². The Labute approximate surface area is 288 Å². The summed E-state index contributed by atoms with van der Waals surface area (Å²) < 4.78 is 12.5. The molecule has 0 aliphatic heterocycles. The summed E-state index contributed by atoms with van der Waals surface area (Å²) in [6.07, 6.45) is 20.1. The molecule has 2 aromatic carbocycles. The Hall–Kier alpha value is -2.85. The molecule has 1 aromatic heterocycles. The summed E-state index contributed by atoms with van der Waals surface area (Å²) in [5.74, 6) is 5.40. The Morgan fingerprint density at radius 3 is 2.56 bits per heavy atom. The Kier molecular flexibility index (Phi) is 9.43. The molecule has 0 spiro atoms. The van der Waals surface area contributed by atoms with Gasteiger partial charge in [-0.2, -0.15) is 0 Å². The van der Waals surface area contributed by atoms with Crippen molar-refractivity contribution in [2.24, 2.45) is 46.3 Å². The molecule has 3 fully saturated rings. The van der Waals surface area contributed by atoms with Crippen molar-refractivity contribution in [1.29, 1.82) is 0 Å². The Balaban J connectivity index is 0.955. The number of fused-ring (bicyclic) bond motifs is 6. The minimum Gasteiger partial charge on any atom is -0.508 e. The topological polar surface area (TPSA) is 59.7 Å². The van der Waals surface area contributed by atoms with Crippen LogP contribution in [0.1, 0.15) is 111 Å². The lowest BCUT2D eigenvalue weighted by molar-refractivity contribution is -0.0637. The van der Waals surface area contributed by atoms with E-state index in [4.69, 9.17) is 9.15 Å². The third kappa shape index (κ3) is 6.21. The van der Waals surface area contributed by atoms with Gasteiger partial charge in [-0.15, -0.1) is 0 Å². The molecular formula is C44H58O4. The summed E-state index contributed by atoms with van der Waals surface area (Å²) in [6, 6.07) is 12.5. The quantitative estimate of drug-likeness (QED) is 0.222. The highest BCUT2D eigenvalue weighted by molar-refractivity contribution is 5.82. The lowest BCUT2D eigenvalue weighted by atomic mass is 9.47. The molecule has 1 heterocycles. The fourth-order valence-electron chi connectivity index (χ4n) is 11.3. The Morgan fingerprint density at radius 2 is 1.77 bits per heavy atom. The maximum atomic E-state index is 13.2. The molecule has 0 bridgehead atoms. The van der Waals surface area contributed by atoms with Gasteiger partial charge in [-0.1, -0.05) is 83.7 Å². The first-order valence-electron chi connectivity index (χ1n) is 19.2. The molecule has 1 N–H and O–H groups in total. The highest BCUT2D eigenvalue weighted by Crippen LogP contribution is 2.67. The number of rotatable bonds is 10. The summed E-state index contributed by atoms with van der Waals surface area (Å²) >= 11 is 0. The van der Waals surface area contributed by atoms with Crippen LogP contribution in [0, 0.1) is 46.3 Å². The highest BCUT2D eigenvalue weighted by Gasteiger charge is 2.59. The molecule has 4 heteroatoms. The van der Waals surface area contributed by atoms with Crippen molar-refractivity contribution in [3.63, 3.8) is 0 Å². The number of phenolic OH excluding ortho intramolecular Hbond substituents is 1. The average molecular weight is 651 g/mol. The zero-order chi connectivity index (χ0) is 33.6. The van der Waals surface area contributed by atoms with Crippen molar-refractivity contribution in [3.8, 4) is 16.9 Å². The van der Waals surface area contributed by atoms with Crippen LogP contribution in [0.25, 0.3) is 22.1 Å². The van der Waals surface area contributed by atoms with Gasteiger partial charge in [-0.25, -0.2) is 0 Å². The number of phenols is 1. The number of hydrogen-bond acceptors (Lipinski definition) is 4. The van der Waals surface area contributed by atoms with Crippen LogP contribution in [0.2, 0.25) is 0 Å². The van der Waals surface area contributed by atoms with Gasteiger partial charge in [-0.3, -0.25) is 4.79 Å². The van der Waals surface area contributed by atoms with Crippen LogP contribution < -0.4 is 5.43 Å². The van der Waals surface area contributed by atoms with Crippen molar-refractivity contribution in [1.82, 2.24) is 0 Å². The fourth-order valence-corrected chi connectivity index (χ4v) is 11.3. The SMILES string of the molecule is CC(C)CCC[C@@H](C)[C@H]1CC[C@H]2[C@@H]3CC=C4CC(OCCc5ccc6c(=O)c(-c7ccc(O)cc7)coc6c5)CC[C@]4(C)[C@H]3CC[C@]12C. The molecule has 4 nitrogen and oxygen atoms in total. The third-order valence-corrected chi connectivity index (χ3v) is 14.0. The van der Waals surface area contributed by atoms with Crippen LogP contribution in [-0.4, -0.2) is 17.8 Å². The molecule has 3 aromatic rings. The minimum atomic E-state index is -0.0556. The third-order valence-electron chi connectivity index (χ3n) is 14.0. The van der Waals surface area contributed by atoms with Gasteiger partial charge >= 0.3 is 0 Å². The molecule has 7 rings (SSSR count). The van der Waals surface area contributed by atoms with Gasteiger partial charge in [0.1, 0.15) is 17.6 Å². The van der Waals surface area contributed by atoms with Crippen LogP contribution in [-0.2, 0) is 11.2 Å². The van der Waals surface area contributed by atoms with Gasteiger partial charge < -0.3 is 14.3 Å². The molecular weight excluding hydrogens is 592 g/mol. The van der Waals surface area contributed by atoms with E-state index in [1.165, 1.54) is 64.1 Å². The summed E-state index contributed by atoms with van der Waals surface area (Å²) in [7, 11) is 0. The van der Waals surface area contributed by atoms with Crippen molar-refractivity contribution < 1.29 is 14.3 Å². The van der Waals surface area contributed by atoms with Crippen LogP contribution >= 0.6 is 0 Å². The molecule has 258 valence electrons. The van der Waals surface area contributed by atoms with E-state index in [0.29, 0.717) is 40.1 Å². The first-order valence-corrected chi connectivity index (χ1v) is 19.2. The fraction of sp³-hybridized carbons (Fsp3) is 0.614. The predicted molar refractivity (Wildman–Crippen MR) is 196 cm³/mol. The largest absolute Gasteiger partial charge is 0.508 e. The number of benzene rings is 2. The molecule has 4 aliphatic rings. The van der Waals surface area contributed by atoms with Crippen molar-refractivity contribution in [3.05, 3.63) is 76.2 Å². The van der Waals surface area contributed by atoms with E-state index in [9.17, 15) is 9.90 Å². The summed E-state index contributed by atoms with van der Waals surface area (Å²) in [6.45, 7) is 13.3. The number of ether oxygens (including phenoxy) is 1. The monoisotopic (exact) mass is 650 g/mol. The lowest BCUT2D eigenvalue weighted by Crippen LogP contribution is -2.51. The highest BCUT2D eigenvalue weighted by atomic mass is 16.5. The molecule has 48 heavy (non-hydrogen) atoms. The van der Waals surface area contributed by atoms with Gasteiger partial charge in [0.25, 0.3) is 0 Å². The van der Waals surface area contributed by atoms with E-state index in [2.05, 4.69) is 40.7 Å². The number of hydrogen-bond donors (Lipinski definition) is 1. The molecule has 8 atom stereocenters. The van der Waals surface area contributed by atoms with Crippen LogP contribution in [0.4, 0.5) is 0 Å². The van der Waals surface area contributed by atoms with Crippen molar-refractivity contribution in [2.75, 3.05) is 6.61 Å². The number of allylic oxidation sites excluding steroid dienone is 1.